The summed E-state index contributed by atoms with van der Waals surface area (Å²) in [5.74, 6) is -0.525. The third-order valence-corrected chi connectivity index (χ3v) is 2.40. The summed E-state index contributed by atoms with van der Waals surface area (Å²) in [6, 6.07) is 4.06. The Bertz CT molecular complexity index is 317. The molecule has 0 saturated carbocycles. The van der Waals surface area contributed by atoms with E-state index in [-0.39, 0.29) is 5.88 Å². The molecule has 0 aliphatic heterocycles. The van der Waals surface area contributed by atoms with E-state index in [1.54, 1.807) is 13.0 Å². The molecule has 0 aliphatic carbocycles. The van der Waals surface area contributed by atoms with Crippen molar-refractivity contribution in [3.8, 4) is 0 Å². The van der Waals surface area contributed by atoms with Gasteiger partial charge in [-0.15, -0.1) is 11.6 Å². The monoisotopic (exact) mass is 218 g/mol. The predicted octanol–water partition coefficient (Wildman–Crippen LogP) is 1.77. The van der Waals surface area contributed by atoms with Crippen LogP contribution >= 0.6 is 11.6 Å². The van der Waals surface area contributed by atoms with Crippen molar-refractivity contribution in [2.45, 2.75) is 19.1 Å². The van der Waals surface area contributed by atoms with E-state index >= 15 is 0 Å². The van der Waals surface area contributed by atoms with Gasteiger partial charge in [-0.25, -0.2) is 4.39 Å². The van der Waals surface area contributed by atoms with Gasteiger partial charge in [-0.3, -0.25) is 0 Å². The van der Waals surface area contributed by atoms with E-state index in [1.807, 2.05) is 0 Å². The van der Waals surface area contributed by atoms with Crippen LogP contribution in [0.25, 0.3) is 0 Å². The fraction of sp³-hybridized carbons (Fsp3) is 0.400. The average Bonchev–Trinajstić information content (AvgIpc) is 2.19. The molecule has 0 bridgehead atoms. The quantitative estimate of drug-likeness (QED) is 0.760. The molecule has 1 aromatic rings. The summed E-state index contributed by atoms with van der Waals surface area (Å²) in [6.07, 6.45) is -2.21. The molecule has 0 heterocycles. The first kappa shape index (κ1) is 11.4. The SMILES string of the molecule is Cc1ccc(F)cc1C(O)C(O)CCl. The molecular formula is C10H12ClFO2. The van der Waals surface area contributed by atoms with Crippen LogP contribution < -0.4 is 0 Å². The predicted molar refractivity (Wildman–Crippen MR) is 52.8 cm³/mol. The number of aliphatic hydroxyl groups excluding tert-OH is 2. The summed E-state index contributed by atoms with van der Waals surface area (Å²) in [5.41, 5.74) is 1.10. The maximum atomic E-state index is 12.8. The van der Waals surface area contributed by atoms with E-state index in [0.717, 1.165) is 5.56 Å². The number of halogens is 2. The minimum absolute atomic E-state index is 0.0862. The standard InChI is InChI=1S/C10H12ClFO2/c1-6-2-3-7(12)4-8(6)10(14)9(13)5-11/h2-4,9-10,13-14H,5H2,1H3. The van der Waals surface area contributed by atoms with Gasteiger partial charge in [-0.2, -0.15) is 0 Å². The molecule has 0 amide bonds. The Hall–Kier alpha value is -0.640. The first-order valence-electron chi connectivity index (χ1n) is 4.24. The van der Waals surface area contributed by atoms with E-state index in [2.05, 4.69) is 0 Å². The van der Waals surface area contributed by atoms with Crippen LogP contribution in [0.2, 0.25) is 0 Å². The largest absolute Gasteiger partial charge is 0.389 e. The number of aliphatic hydroxyl groups is 2. The van der Waals surface area contributed by atoms with Crippen molar-refractivity contribution in [2.24, 2.45) is 0 Å². The second kappa shape index (κ2) is 4.73. The second-order valence-electron chi connectivity index (χ2n) is 3.17. The lowest BCUT2D eigenvalue weighted by Gasteiger charge is -2.17. The Morgan fingerprint density at radius 2 is 2.07 bits per heavy atom. The topological polar surface area (TPSA) is 40.5 Å². The smallest absolute Gasteiger partial charge is 0.123 e. The molecule has 14 heavy (non-hydrogen) atoms. The van der Waals surface area contributed by atoms with Crippen molar-refractivity contribution in [2.75, 3.05) is 5.88 Å². The van der Waals surface area contributed by atoms with Crippen LogP contribution in [0.3, 0.4) is 0 Å². The molecule has 2 nitrogen and oxygen atoms in total. The van der Waals surface area contributed by atoms with Gasteiger partial charge in [0.1, 0.15) is 11.9 Å². The number of aryl methyl sites for hydroxylation is 1. The van der Waals surface area contributed by atoms with Gasteiger partial charge in [0, 0.05) is 0 Å². The lowest BCUT2D eigenvalue weighted by Crippen LogP contribution is -2.20. The average molecular weight is 219 g/mol. The molecular weight excluding hydrogens is 207 g/mol. The molecule has 78 valence electrons. The van der Waals surface area contributed by atoms with Gasteiger partial charge in [0.05, 0.1) is 12.0 Å². The zero-order chi connectivity index (χ0) is 10.7. The Kier molecular flexibility index (Phi) is 3.86. The highest BCUT2D eigenvalue weighted by Gasteiger charge is 2.19. The summed E-state index contributed by atoms with van der Waals surface area (Å²) in [6.45, 7) is 1.74. The molecule has 2 atom stereocenters. The van der Waals surface area contributed by atoms with Crippen molar-refractivity contribution in [3.05, 3.63) is 35.1 Å². The van der Waals surface area contributed by atoms with Crippen LogP contribution in [0.15, 0.2) is 18.2 Å². The minimum Gasteiger partial charge on any atom is -0.389 e. The van der Waals surface area contributed by atoms with Crippen LogP contribution in [0.5, 0.6) is 0 Å². The Morgan fingerprint density at radius 1 is 1.43 bits per heavy atom. The van der Waals surface area contributed by atoms with Crippen molar-refractivity contribution in [1.82, 2.24) is 0 Å². The number of hydrogen-bond acceptors (Lipinski definition) is 2. The van der Waals surface area contributed by atoms with Gasteiger partial charge >= 0.3 is 0 Å². The number of rotatable bonds is 3. The van der Waals surface area contributed by atoms with Crippen LogP contribution in [0.1, 0.15) is 17.2 Å². The zero-order valence-electron chi connectivity index (χ0n) is 7.74. The van der Waals surface area contributed by atoms with Gasteiger partial charge in [-0.05, 0) is 30.2 Å². The molecule has 1 aromatic carbocycles. The molecule has 0 radical (unpaired) electrons. The maximum Gasteiger partial charge on any atom is 0.123 e. The number of hydrogen-bond donors (Lipinski definition) is 2. The first-order valence-corrected chi connectivity index (χ1v) is 4.78. The Labute approximate surface area is 86.9 Å². The van der Waals surface area contributed by atoms with Crippen molar-refractivity contribution < 1.29 is 14.6 Å². The maximum absolute atomic E-state index is 12.8. The molecule has 4 heteroatoms. The van der Waals surface area contributed by atoms with Crippen molar-refractivity contribution in [3.63, 3.8) is 0 Å². The summed E-state index contributed by atoms with van der Waals surface area (Å²) in [4.78, 5) is 0. The summed E-state index contributed by atoms with van der Waals surface area (Å²) < 4.78 is 12.8. The highest BCUT2D eigenvalue weighted by molar-refractivity contribution is 6.18. The first-order chi connectivity index (χ1) is 6.56. The van der Waals surface area contributed by atoms with Crippen LogP contribution in [-0.4, -0.2) is 22.2 Å². The fourth-order valence-corrected chi connectivity index (χ4v) is 1.39. The second-order valence-corrected chi connectivity index (χ2v) is 3.48. The van der Waals surface area contributed by atoms with Gasteiger partial charge < -0.3 is 10.2 Å². The molecule has 0 saturated heterocycles. The van der Waals surface area contributed by atoms with E-state index < -0.39 is 18.0 Å². The summed E-state index contributed by atoms with van der Waals surface area (Å²) in [7, 11) is 0. The third kappa shape index (κ3) is 2.44. The van der Waals surface area contributed by atoms with Crippen molar-refractivity contribution >= 4 is 11.6 Å². The molecule has 0 spiro atoms. The van der Waals surface area contributed by atoms with E-state index in [4.69, 9.17) is 11.6 Å². The molecule has 0 aliphatic rings. The Morgan fingerprint density at radius 3 is 2.64 bits per heavy atom. The molecule has 0 aromatic heterocycles. The molecule has 1 rings (SSSR count). The number of benzene rings is 1. The fourth-order valence-electron chi connectivity index (χ4n) is 1.22. The van der Waals surface area contributed by atoms with Crippen LogP contribution in [-0.2, 0) is 0 Å². The summed E-state index contributed by atoms with van der Waals surface area (Å²) in [5, 5.41) is 18.9. The molecule has 0 fully saturated rings. The summed E-state index contributed by atoms with van der Waals surface area (Å²) >= 11 is 5.39. The van der Waals surface area contributed by atoms with Gasteiger partial charge in [0.15, 0.2) is 0 Å². The van der Waals surface area contributed by atoms with E-state index in [1.165, 1.54) is 12.1 Å². The van der Waals surface area contributed by atoms with E-state index in [0.29, 0.717) is 5.56 Å². The van der Waals surface area contributed by atoms with Gasteiger partial charge in [-0.1, -0.05) is 6.07 Å². The Balaban J connectivity index is 2.99. The highest BCUT2D eigenvalue weighted by Crippen LogP contribution is 2.22. The molecule has 2 unspecified atom stereocenters. The third-order valence-electron chi connectivity index (χ3n) is 2.08. The highest BCUT2D eigenvalue weighted by atomic mass is 35.5. The normalized spacial score (nSPS) is 15.2. The van der Waals surface area contributed by atoms with Crippen LogP contribution in [0.4, 0.5) is 4.39 Å². The lowest BCUT2D eigenvalue weighted by molar-refractivity contribution is 0.0321. The van der Waals surface area contributed by atoms with Gasteiger partial charge in [0.25, 0.3) is 0 Å². The lowest BCUT2D eigenvalue weighted by atomic mass is 10.00. The molecule has 2 N–H and O–H groups in total. The number of alkyl halides is 1. The zero-order valence-corrected chi connectivity index (χ0v) is 8.50. The minimum atomic E-state index is -1.14. The van der Waals surface area contributed by atoms with Crippen LogP contribution in [0, 0.1) is 12.7 Å². The van der Waals surface area contributed by atoms with Crippen molar-refractivity contribution in [1.29, 1.82) is 0 Å². The van der Waals surface area contributed by atoms with E-state index in [9.17, 15) is 14.6 Å². The van der Waals surface area contributed by atoms with Gasteiger partial charge in [0.2, 0.25) is 0 Å².